The van der Waals surface area contributed by atoms with Crippen molar-refractivity contribution in [1.82, 2.24) is 0 Å². The third-order valence-corrected chi connectivity index (χ3v) is 0. The quantitative estimate of drug-likeness (QED) is 0.441. The van der Waals surface area contributed by atoms with Gasteiger partial charge in [-0.3, -0.25) is 13.6 Å². The minimum atomic E-state index is 0.208. The molecule has 0 fully saturated rings. The molecule has 0 radical (unpaired) electrons. The Hall–Kier alpha value is 0.988. The SMILES string of the molecule is [Br][Pt+2][Br].[CH-]=O.[CH-]=O. The molecule has 0 N–H and O–H groups in total. The molecule has 0 saturated heterocycles. The van der Waals surface area contributed by atoms with Crippen LogP contribution in [0.2, 0.25) is 0 Å². The van der Waals surface area contributed by atoms with Gasteiger partial charge in [-0.05, 0) is 0 Å². The first kappa shape index (κ1) is 15.7. The number of hydrogen-bond acceptors (Lipinski definition) is 2. The van der Waals surface area contributed by atoms with Crippen LogP contribution in [0, 0.1) is 0 Å². The van der Waals surface area contributed by atoms with Gasteiger partial charge in [-0.15, -0.1) is 0 Å². The summed E-state index contributed by atoms with van der Waals surface area (Å²) < 4.78 is 0. The largest absolute Gasteiger partial charge is 0.545 e. The Morgan fingerprint density at radius 3 is 1.00 bits per heavy atom. The molecule has 0 spiro atoms. The monoisotopic (exact) mass is 411 g/mol. The van der Waals surface area contributed by atoms with Gasteiger partial charge in [0.15, 0.2) is 0 Å². The topological polar surface area (TPSA) is 34.1 Å². The van der Waals surface area contributed by atoms with Gasteiger partial charge in [-0.1, -0.05) is 0 Å². The first-order valence-corrected chi connectivity index (χ1v) is 10.6. The normalized spacial score (nSPS) is 4.29. The van der Waals surface area contributed by atoms with Crippen molar-refractivity contribution < 1.29 is 24.0 Å². The van der Waals surface area contributed by atoms with Gasteiger partial charge in [0.25, 0.3) is 0 Å². The van der Waals surface area contributed by atoms with E-state index < -0.39 is 0 Å². The Balaban J connectivity index is -0.0000000360. The molecule has 5 heteroatoms. The van der Waals surface area contributed by atoms with Crippen molar-refractivity contribution in [2.45, 2.75) is 0 Å². The molecule has 7 heavy (non-hydrogen) atoms. The summed E-state index contributed by atoms with van der Waals surface area (Å²) in [6, 6.07) is 0. The summed E-state index contributed by atoms with van der Waals surface area (Å²) in [4.78, 5) is 15.5. The summed E-state index contributed by atoms with van der Waals surface area (Å²) in [6.45, 7) is 6.50. The van der Waals surface area contributed by atoms with Crippen molar-refractivity contribution in [2.24, 2.45) is 0 Å². The second kappa shape index (κ2) is 63.4. The van der Waals surface area contributed by atoms with Gasteiger partial charge in [0, 0.05) is 0 Å². The third-order valence-electron chi connectivity index (χ3n) is 0. The zero-order valence-electron chi connectivity index (χ0n) is 3.04. The van der Waals surface area contributed by atoms with E-state index >= 15 is 0 Å². The zero-order valence-corrected chi connectivity index (χ0v) is 8.49. The molecule has 0 aliphatic heterocycles. The Morgan fingerprint density at radius 1 is 1.00 bits per heavy atom. The van der Waals surface area contributed by atoms with Crippen LogP contribution in [-0.2, 0) is 24.0 Å². The second-order valence-corrected chi connectivity index (χ2v) is 9.98. The van der Waals surface area contributed by atoms with Crippen LogP contribution >= 0.6 is 26.6 Å². The Bertz CT molecular complexity index is 21.2. The Kier molecular flexibility index (Phi) is 142. The third kappa shape index (κ3) is 178. The van der Waals surface area contributed by atoms with Crippen LogP contribution in [0.25, 0.3) is 0 Å². The van der Waals surface area contributed by atoms with Crippen molar-refractivity contribution in [3.63, 3.8) is 0 Å². The summed E-state index contributed by atoms with van der Waals surface area (Å²) in [6.07, 6.45) is 0. The Labute approximate surface area is 63.9 Å². The summed E-state index contributed by atoms with van der Waals surface area (Å²) in [5, 5.41) is 0. The van der Waals surface area contributed by atoms with Crippen LogP contribution in [0.1, 0.15) is 0 Å². The molecule has 0 aliphatic rings. The molecule has 2 nitrogen and oxygen atoms in total. The summed E-state index contributed by atoms with van der Waals surface area (Å²) in [5.41, 5.74) is 0. The first-order valence-electron chi connectivity index (χ1n) is 0.710. The van der Waals surface area contributed by atoms with Crippen molar-refractivity contribution >= 4 is 40.2 Å². The fourth-order valence-corrected chi connectivity index (χ4v) is 0. The van der Waals surface area contributed by atoms with Crippen LogP contribution in [0.3, 0.4) is 0 Å². The van der Waals surface area contributed by atoms with E-state index in [-0.39, 0.29) is 14.5 Å². The fourth-order valence-electron chi connectivity index (χ4n) is 0. The maximum absolute atomic E-state index is 7.75. The molecule has 0 aliphatic carbocycles. The number of hydrogen-bond donors (Lipinski definition) is 0. The van der Waals surface area contributed by atoms with Crippen molar-refractivity contribution in [1.29, 1.82) is 0 Å². The van der Waals surface area contributed by atoms with Crippen molar-refractivity contribution in [3.8, 4) is 0 Å². The summed E-state index contributed by atoms with van der Waals surface area (Å²) >= 11 is 6.56. The van der Waals surface area contributed by atoms with Gasteiger partial charge in [-0.2, -0.15) is 0 Å². The van der Waals surface area contributed by atoms with E-state index in [4.69, 9.17) is 9.59 Å². The van der Waals surface area contributed by atoms with Crippen molar-refractivity contribution in [2.75, 3.05) is 0 Å². The molecule has 0 aromatic heterocycles. The van der Waals surface area contributed by atoms with E-state index in [2.05, 4.69) is 40.2 Å². The number of carbonyl (C=O) groups excluding carboxylic acids is 2. The number of rotatable bonds is 0. The molecular formula is C2H2Br2O2Pt. The van der Waals surface area contributed by atoms with E-state index in [1.807, 2.05) is 0 Å². The van der Waals surface area contributed by atoms with Gasteiger partial charge in [0.1, 0.15) is 0 Å². The molecule has 46 valence electrons. The van der Waals surface area contributed by atoms with Gasteiger partial charge < -0.3 is 9.59 Å². The molecule has 0 atom stereocenters. The van der Waals surface area contributed by atoms with E-state index in [0.29, 0.717) is 0 Å². The average molecular weight is 413 g/mol. The second-order valence-electron chi connectivity index (χ2n) is 0.0452. The number of halogens is 2. The predicted molar refractivity (Wildman–Crippen MR) is 31.4 cm³/mol. The molecule has 0 aromatic carbocycles. The molecule has 0 saturated carbocycles. The fraction of sp³-hybridized carbons (Fsp3) is 0. The van der Waals surface area contributed by atoms with E-state index in [1.165, 1.54) is 0 Å². The molecule has 0 rings (SSSR count). The zero-order chi connectivity index (χ0) is 6.71. The van der Waals surface area contributed by atoms with Crippen LogP contribution in [0.4, 0.5) is 0 Å². The van der Waals surface area contributed by atoms with E-state index in [9.17, 15) is 0 Å². The van der Waals surface area contributed by atoms with Crippen molar-refractivity contribution in [3.05, 3.63) is 0 Å². The molecule has 0 unspecified atom stereocenters. The van der Waals surface area contributed by atoms with Gasteiger partial charge in [0.05, 0.1) is 0 Å². The maximum Gasteiger partial charge on any atom is -0.282 e. The van der Waals surface area contributed by atoms with Crippen LogP contribution in [0.5, 0.6) is 0 Å². The molecule has 0 amide bonds. The Morgan fingerprint density at radius 2 is 1.00 bits per heavy atom. The smallest absolute Gasteiger partial charge is 0.282 e. The standard InChI is InChI=1S/2CHO.2BrH.Pt/c2*1-2;;;/h2*1H;2*1H;/q2*-1;;;+4/p-2. The minimum absolute atomic E-state index is 0.208. The minimum Gasteiger partial charge on any atom is -0.545 e. The summed E-state index contributed by atoms with van der Waals surface area (Å²) in [7, 11) is 0. The molecule has 0 heterocycles. The molecular weight excluding hydrogens is 411 g/mol. The predicted octanol–water partition coefficient (Wildman–Crippen LogP) is 1.14. The van der Waals surface area contributed by atoms with Gasteiger partial charge in [0.2, 0.25) is 0 Å². The van der Waals surface area contributed by atoms with Crippen LogP contribution < -0.4 is 0 Å². The van der Waals surface area contributed by atoms with E-state index in [0.717, 1.165) is 0 Å². The van der Waals surface area contributed by atoms with E-state index in [1.54, 1.807) is 0 Å². The van der Waals surface area contributed by atoms with Crippen LogP contribution in [0.15, 0.2) is 0 Å². The molecule has 0 aromatic rings. The van der Waals surface area contributed by atoms with Crippen LogP contribution in [-0.4, -0.2) is 13.6 Å². The van der Waals surface area contributed by atoms with Gasteiger partial charge >= 0.3 is 41.0 Å². The summed E-state index contributed by atoms with van der Waals surface area (Å²) in [5.74, 6) is 0. The maximum atomic E-state index is 7.75. The first-order chi connectivity index (χ1) is 3.41. The van der Waals surface area contributed by atoms with Gasteiger partial charge in [-0.25, -0.2) is 0 Å². The average Bonchev–Trinajstić information content (AvgIpc) is 1.78. The molecule has 0 bridgehead atoms.